The highest BCUT2D eigenvalue weighted by atomic mass is 16.7. The monoisotopic (exact) mass is 825 g/mol. The lowest BCUT2D eigenvalue weighted by atomic mass is 9.46. The minimum atomic E-state index is -1.35. The molecule has 11 atom stereocenters. The maximum Gasteiger partial charge on any atom is 0.323 e. The van der Waals surface area contributed by atoms with E-state index in [1.165, 1.54) is 6.07 Å². The predicted molar refractivity (Wildman–Crippen MR) is 221 cm³/mol. The number of nitrogens with two attached hydrogens (primary N) is 3. The average Bonchev–Trinajstić information content (AvgIpc) is 3.66. The summed E-state index contributed by atoms with van der Waals surface area (Å²) in [6.45, 7) is 12.3. The van der Waals surface area contributed by atoms with Crippen LogP contribution in [0.3, 0.4) is 0 Å². The van der Waals surface area contributed by atoms with E-state index in [0.29, 0.717) is 56.3 Å². The van der Waals surface area contributed by atoms with Gasteiger partial charge in [0.2, 0.25) is 5.78 Å². The topological polar surface area (TPSA) is 262 Å². The Kier molecular flexibility index (Phi) is 14.5. The molecule has 4 aliphatic carbocycles. The lowest BCUT2D eigenvalue weighted by Gasteiger charge is -2.59. The van der Waals surface area contributed by atoms with E-state index in [-0.39, 0.29) is 53.2 Å². The number of carbonyl (C=O) groups is 3. The highest BCUT2D eigenvalue weighted by Gasteiger charge is 2.76. The van der Waals surface area contributed by atoms with Gasteiger partial charge in [-0.15, -0.1) is 0 Å². The van der Waals surface area contributed by atoms with E-state index in [4.69, 9.17) is 36.5 Å². The van der Waals surface area contributed by atoms with Gasteiger partial charge in [-0.2, -0.15) is 0 Å². The van der Waals surface area contributed by atoms with Gasteiger partial charge >= 0.3 is 5.97 Å². The molecule has 1 aromatic carbocycles. The van der Waals surface area contributed by atoms with E-state index in [1.54, 1.807) is 24.3 Å². The molecule has 59 heavy (non-hydrogen) atoms. The van der Waals surface area contributed by atoms with Crippen molar-refractivity contribution in [3.63, 3.8) is 0 Å². The molecule has 0 bridgehead atoms. The first-order valence-corrected chi connectivity index (χ1v) is 21.0. The third-order valence-electron chi connectivity index (χ3n) is 13.3. The molecule has 15 nitrogen and oxygen atoms in total. The SMILES string of the molecule is CC(C)(C)NCC(O)c1ccc(O)c(CO)c1.CCCC1O[C@@H]2C[C@H]3[C@@H]4CCC5=CC(=O)C=C[C@]5(C)[C@H]4[C@@H](O)C[C@]3(C)[C@]2(C(=O)COC(=O)[C@@H](N)CCCN=C(N)N)O1. The number of rotatable bonds is 14. The number of ether oxygens (including phenoxy) is 3. The molecule has 1 saturated heterocycles. The van der Waals surface area contributed by atoms with Crippen molar-refractivity contribution in [1.29, 1.82) is 0 Å². The van der Waals surface area contributed by atoms with E-state index in [2.05, 4.69) is 17.2 Å². The second kappa shape index (κ2) is 18.5. The normalized spacial score (nSPS) is 32.9. The second-order valence-electron chi connectivity index (χ2n) is 18.4. The number of Topliss-reactive ketones (excluding diaryl/α,β-unsaturated/α-hetero) is 1. The maximum atomic E-state index is 14.2. The number of ketones is 2. The van der Waals surface area contributed by atoms with Crippen LogP contribution in [0.25, 0.3) is 0 Å². The smallest absolute Gasteiger partial charge is 0.323 e. The third kappa shape index (κ3) is 9.61. The number of aliphatic hydroxyl groups excluding tert-OH is 3. The van der Waals surface area contributed by atoms with Crippen molar-refractivity contribution in [1.82, 2.24) is 5.32 Å². The van der Waals surface area contributed by atoms with Gasteiger partial charge in [0.25, 0.3) is 0 Å². The quantitative estimate of drug-likeness (QED) is 0.0581. The first-order valence-electron chi connectivity index (χ1n) is 21.0. The van der Waals surface area contributed by atoms with Crippen LogP contribution < -0.4 is 22.5 Å². The molecule has 3 saturated carbocycles. The molecule has 2 unspecified atom stereocenters. The first-order chi connectivity index (χ1) is 27.7. The van der Waals surface area contributed by atoms with Gasteiger partial charge < -0.3 is 57.2 Å². The molecule has 1 aromatic rings. The van der Waals surface area contributed by atoms with Gasteiger partial charge in [0.1, 0.15) is 11.8 Å². The third-order valence-corrected chi connectivity index (χ3v) is 13.3. The van der Waals surface area contributed by atoms with Crippen molar-refractivity contribution in [2.45, 2.75) is 141 Å². The van der Waals surface area contributed by atoms with Gasteiger partial charge in [-0.1, -0.05) is 44.9 Å². The predicted octanol–water partition coefficient (Wildman–Crippen LogP) is 2.95. The van der Waals surface area contributed by atoms with Crippen molar-refractivity contribution in [3.05, 3.63) is 53.1 Å². The lowest BCUT2D eigenvalue weighted by molar-refractivity contribution is -0.201. The second-order valence-corrected chi connectivity index (χ2v) is 18.4. The zero-order valence-corrected chi connectivity index (χ0v) is 35.5. The van der Waals surface area contributed by atoms with Crippen molar-refractivity contribution in [3.8, 4) is 5.75 Å². The highest BCUT2D eigenvalue weighted by molar-refractivity contribution is 6.01. The molecule has 0 amide bonds. The molecule has 0 radical (unpaired) electrons. The number of aliphatic hydroxyl groups is 3. The summed E-state index contributed by atoms with van der Waals surface area (Å²) in [5.41, 5.74) is 16.3. The standard InChI is InChI=1S/C31H46N4O7.C13H21NO3/c1-4-6-25-41-24-14-20-19-9-8-17-13-18(36)10-11-29(17,2)26(19)22(37)15-30(20,3)31(24,42-25)23(38)16-40-27(39)21(32)7-5-12-35-28(33)34;1-13(2,3)14-7-12(17)9-4-5-11(16)10(6-9)8-15/h10-11,13,19-22,24-26,37H,4-9,12,14-16,32H2,1-3H3,(H4,33,34,35);4-6,12,14-17H,7-8H2,1-3H3/t19-,20-,21-,22-,24+,25?,26+,29-,30-,31+;/m0./s1. The molecule has 11 N–H and O–H groups in total. The molecule has 4 fully saturated rings. The summed E-state index contributed by atoms with van der Waals surface area (Å²) in [5, 5.41) is 43.4. The molecule has 1 heterocycles. The van der Waals surface area contributed by atoms with Crippen LogP contribution in [0.1, 0.15) is 110 Å². The summed E-state index contributed by atoms with van der Waals surface area (Å²) >= 11 is 0. The Morgan fingerprint density at radius 1 is 1.19 bits per heavy atom. The zero-order valence-electron chi connectivity index (χ0n) is 35.5. The number of fused-ring (bicyclic) bond motifs is 7. The zero-order chi connectivity index (χ0) is 43.5. The van der Waals surface area contributed by atoms with Gasteiger partial charge in [-0.05, 0) is 107 Å². The fraction of sp³-hybridized carbons (Fsp3) is 0.682. The number of guanidine groups is 1. The van der Waals surface area contributed by atoms with Crippen molar-refractivity contribution < 1.29 is 49.0 Å². The van der Waals surface area contributed by atoms with Crippen LogP contribution in [0.15, 0.2) is 47.0 Å². The molecular weight excluding hydrogens is 759 g/mol. The number of aliphatic imine (C=N–C) groups is 1. The lowest BCUT2D eigenvalue weighted by Crippen LogP contribution is -2.63. The van der Waals surface area contributed by atoms with Crippen LogP contribution >= 0.6 is 0 Å². The summed E-state index contributed by atoms with van der Waals surface area (Å²) in [4.78, 5) is 43.0. The Balaban J connectivity index is 0.000000327. The fourth-order valence-corrected chi connectivity index (χ4v) is 10.5. The van der Waals surface area contributed by atoms with Crippen LogP contribution in [0.5, 0.6) is 5.75 Å². The largest absolute Gasteiger partial charge is 0.508 e. The molecule has 5 aliphatic rings. The van der Waals surface area contributed by atoms with Crippen LogP contribution in [0.4, 0.5) is 0 Å². The van der Waals surface area contributed by atoms with E-state index in [0.717, 1.165) is 24.8 Å². The van der Waals surface area contributed by atoms with Gasteiger partial charge in [0, 0.05) is 40.9 Å². The van der Waals surface area contributed by atoms with E-state index >= 15 is 0 Å². The number of allylic oxidation sites excluding steroid dienone is 4. The van der Waals surface area contributed by atoms with Crippen LogP contribution in [0.2, 0.25) is 0 Å². The van der Waals surface area contributed by atoms with Crippen molar-refractivity contribution in [2.75, 3.05) is 19.7 Å². The summed E-state index contributed by atoms with van der Waals surface area (Å²) in [5.74, 6) is -0.965. The fourth-order valence-electron chi connectivity index (χ4n) is 10.5. The number of nitrogens with zero attached hydrogens (tertiary/aromatic N) is 1. The Labute approximate surface area is 347 Å². The van der Waals surface area contributed by atoms with Gasteiger partial charge in [-0.3, -0.25) is 19.4 Å². The molecule has 15 heteroatoms. The highest BCUT2D eigenvalue weighted by Crippen LogP contribution is 2.69. The summed E-state index contributed by atoms with van der Waals surface area (Å²) in [7, 11) is 0. The number of hydrogen-bond acceptors (Lipinski definition) is 13. The van der Waals surface area contributed by atoms with Gasteiger partial charge in [0.05, 0.1) is 24.9 Å². The average molecular weight is 826 g/mol. The minimum Gasteiger partial charge on any atom is -0.508 e. The first kappa shape index (κ1) is 46.4. The van der Waals surface area contributed by atoms with E-state index < -0.39 is 59.7 Å². The molecular formula is C44H67N5O10. The Hall–Kier alpha value is -3.70. The number of esters is 1. The molecule has 6 rings (SSSR count). The van der Waals surface area contributed by atoms with E-state index in [1.807, 2.05) is 40.7 Å². The van der Waals surface area contributed by atoms with Crippen LogP contribution in [-0.4, -0.2) is 99.3 Å². The Morgan fingerprint density at radius 2 is 1.92 bits per heavy atom. The summed E-state index contributed by atoms with van der Waals surface area (Å²) in [6, 6.07) is 3.84. The summed E-state index contributed by atoms with van der Waals surface area (Å²) in [6.07, 6.45) is 7.65. The maximum absolute atomic E-state index is 14.2. The van der Waals surface area contributed by atoms with Gasteiger partial charge in [-0.25, -0.2) is 0 Å². The van der Waals surface area contributed by atoms with Crippen molar-refractivity contribution in [2.24, 2.45) is 50.8 Å². The Bertz CT molecular complexity index is 1790. The summed E-state index contributed by atoms with van der Waals surface area (Å²) < 4.78 is 18.5. The number of hydrogen-bond donors (Lipinski definition) is 8. The number of β-amino-alcohol motifs (C(OH)–C–C–N with tert-alkyl or cyclic N) is 1. The van der Waals surface area contributed by atoms with E-state index in [9.17, 15) is 29.7 Å². The molecule has 0 spiro atoms. The molecule has 328 valence electrons. The van der Waals surface area contributed by atoms with Crippen LogP contribution in [0, 0.1) is 28.6 Å². The number of carbonyl (C=O) groups excluding carboxylic acids is 3. The van der Waals surface area contributed by atoms with Crippen LogP contribution in [-0.2, 0) is 35.2 Å². The number of nitrogens with one attached hydrogen (secondary N) is 1. The minimum absolute atomic E-state index is 0.0113. The van der Waals surface area contributed by atoms with Gasteiger partial charge in [0.15, 0.2) is 30.2 Å². The number of aromatic hydroxyl groups is 1. The molecule has 0 aromatic heterocycles. The Morgan fingerprint density at radius 3 is 2.58 bits per heavy atom. The molecule has 1 aliphatic heterocycles. The number of phenols is 1. The van der Waals surface area contributed by atoms with Crippen molar-refractivity contribution >= 4 is 23.5 Å². The number of benzene rings is 1.